The highest BCUT2D eigenvalue weighted by atomic mass is 32.1. The molecule has 0 saturated heterocycles. The number of amides is 1. The number of Topliss-reactive ketones (excluding diaryl/α,β-unsaturated/α-hetero) is 1. The molecule has 3 aromatic rings. The summed E-state index contributed by atoms with van der Waals surface area (Å²) in [5.41, 5.74) is 0.594. The van der Waals surface area contributed by atoms with Crippen molar-refractivity contribution in [3.05, 3.63) is 75.6 Å². The van der Waals surface area contributed by atoms with Crippen molar-refractivity contribution < 1.29 is 19.2 Å². The van der Waals surface area contributed by atoms with E-state index in [9.17, 15) is 14.7 Å². The Balaban J connectivity index is 1.88. The summed E-state index contributed by atoms with van der Waals surface area (Å²) in [6.45, 7) is 1.70. The molecule has 130 valence electrons. The van der Waals surface area contributed by atoms with Crippen LogP contribution in [0.4, 0.5) is 5.82 Å². The third kappa shape index (κ3) is 2.51. The van der Waals surface area contributed by atoms with Gasteiger partial charge in [-0.25, -0.2) is 0 Å². The van der Waals surface area contributed by atoms with Crippen LogP contribution in [0.1, 0.15) is 27.0 Å². The van der Waals surface area contributed by atoms with Crippen molar-refractivity contribution in [1.29, 1.82) is 0 Å². The van der Waals surface area contributed by atoms with E-state index in [1.165, 1.54) is 16.2 Å². The third-order valence-electron chi connectivity index (χ3n) is 4.06. The Kier molecular flexibility index (Phi) is 3.89. The van der Waals surface area contributed by atoms with Crippen molar-refractivity contribution >= 4 is 28.8 Å². The summed E-state index contributed by atoms with van der Waals surface area (Å²) >= 11 is 1.25. The number of pyridine rings is 1. The molecule has 1 amide bonds. The minimum atomic E-state index is -0.838. The number of nitrogens with zero attached hydrogens (tertiary/aromatic N) is 3. The van der Waals surface area contributed by atoms with E-state index in [-0.39, 0.29) is 11.4 Å². The van der Waals surface area contributed by atoms with E-state index < -0.39 is 23.5 Å². The normalized spacial score (nSPS) is 17.2. The van der Waals surface area contributed by atoms with E-state index in [2.05, 4.69) is 10.1 Å². The van der Waals surface area contributed by atoms with Gasteiger partial charge in [-0.2, -0.15) is 0 Å². The molecule has 4 heterocycles. The zero-order valence-corrected chi connectivity index (χ0v) is 14.4. The molecular weight excluding hydrogens is 354 g/mol. The lowest BCUT2D eigenvalue weighted by Gasteiger charge is -2.23. The van der Waals surface area contributed by atoms with Gasteiger partial charge in [0.15, 0.2) is 11.6 Å². The van der Waals surface area contributed by atoms with Crippen LogP contribution in [0, 0.1) is 6.92 Å². The number of hydrogen-bond acceptors (Lipinski definition) is 7. The first kappa shape index (κ1) is 16.2. The predicted molar refractivity (Wildman–Crippen MR) is 94.0 cm³/mol. The van der Waals surface area contributed by atoms with Crippen molar-refractivity contribution in [3.8, 4) is 0 Å². The van der Waals surface area contributed by atoms with Gasteiger partial charge in [-0.05, 0) is 30.0 Å². The summed E-state index contributed by atoms with van der Waals surface area (Å²) < 4.78 is 5.07. The second-order valence-corrected chi connectivity index (χ2v) is 6.68. The Morgan fingerprint density at radius 2 is 2.19 bits per heavy atom. The number of thiophene rings is 1. The number of aromatic nitrogens is 2. The molecule has 0 aliphatic carbocycles. The fourth-order valence-corrected chi connectivity index (χ4v) is 3.61. The summed E-state index contributed by atoms with van der Waals surface area (Å²) in [6.07, 6.45) is 3.15. The van der Waals surface area contributed by atoms with Crippen LogP contribution >= 0.6 is 11.3 Å². The Bertz CT molecular complexity index is 1010. The van der Waals surface area contributed by atoms with Gasteiger partial charge in [-0.3, -0.25) is 19.5 Å². The van der Waals surface area contributed by atoms with E-state index >= 15 is 0 Å². The van der Waals surface area contributed by atoms with Gasteiger partial charge in [0, 0.05) is 18.5 Å². The van der Waals surface area contributed by atoms with Crippen LogP contribution in [0.25, 0.3) is 0 Å². The molecule has 4 rings (SSSR count). The van der Waals surface area contributed by atoms with Crippen molar-refractivity contribution in [2.75, 3.05) is 4.90 Å². The minimum Gasteiger partial charge on any atom is -0.503 e. The van der Waals surface area contributed by atoms with Crippen LogP contribution in [-0.2, 0) is 4.79 Å². The number of rotatable bonds is 4. The first-order chi connectivity index (χ1) is 12.6. The summed E-state index contributed by atoms with van der Waals surface area (Å²) in [5, 5.41) is 16.1. The maximum absolute atomic E-state index is 13.0. The number of hydrogen-bond donors (Lipinski definition) is 1. The molecule has 8 heteroatoms. The predicted octanol–water partition coefficient (Wildman–Crippen LogP) is 3.22. The standard InChI is InChI=1S/C18H13N3O4S/c1-10-8-13(20-25-10)21-15(11-4-2-6-19-9-11)14(17(23)18(21)24)16(22)12-5-3-7-26-12/h2-9,15,23H,1H3/t15-/m0/s1. The molecule has 0 saturated carbocycles. The highest BCUT2D eigenvalue weighted by molar-refractivity contribution is 7.12. The van der Waals surface area contributed by atoms with Crippen molar-refractivity contribution in [2.45, 2.75) is 13.0 Å². The van der Waals surface area contributed by atoms with E-state index in [0.29, 0.717) is 16.2 Å². The molecule has 1 aliphatic rings. The van der Waals surface area contributed by atoms with Gasteiger partial charge < -0.3 is 9.63 Å². The Morgan fingerprint density at radius 1 is 1.35 bits per heavy atom. The zero-order valence-electron chi connectivity index (χ0n) is 13.6. The monoisotopic (exact) mass is 367 g/mol. The molecule has 1 N–H and O–H groups in total. The molecule has 0 fully saturated rings. The van der Waals surface area contributed by atoms with Gasteiger partial charge in [-0.1, -0.05) is 17.3 Å². The van der Waals surface area contributed by atoms with E-state index in [0.717, 1.165) is 0 Å². The van der Waals surface area contributed by atoms with Crippen molar-refractivity contribution in [2.24, 2.45) is 0 Å². The quantitative estimate of drug-likeness (QED) is 0.711. The zero-order chi connectivity index (χ0) is 18.3. The van der Waals surface area contributed by atoms with Gasteiger partial charge in [0.1, 0.15) is 5.76 Å². The molecular formula is C18H13N3O4S. The van der Waals surface area contributed by atoms with E-state index in [1.807, 2.05) is 0 Å². The molecule has 0 aromatic carbocycles. The topological polar surface area (TPSA) is 96.5 Å². The maximum atomic E-state index is 13.0. The number of aliphatic hydroxyl groups excluding tert-OH is 1. The number of carbonyl (C=O) groups is 2. The summed E-state index contributed by atoms with van der Waals surface area (Å²) in [6, 6.07) is 7.58. The average molecular weight is 367 g/mol. The molecule has 0 unspecified atom stereocenters. The SMILES string of the molecule is Cc1cc(N2C(=O)C(O)=C(C(=O)c3cccs3)[C@@H]2c2cccnc2)no1. The van der Waals surface area contributed by atoms with Gasteiger partial charge in [0.05, 0.1) is 16.5 Å². The Labute approximate surface area is 152 Å². The number of aryl methyl sites for hydroxylation is 1. The fraction of sp³-hybridized carbons (Fsp3) is 0.111. The molecule has 1 aliphatic heterocycles. The summed E-state index contributed by atoms with van der Waals surface area (Å²) in [7, 11) is 0. The lowest BCUT2D eigenvalue weighted by molar-refractivity contribution is -0.117. The van der Waals surface area contributed by atoms with Gasteiger partial charge in [0.2, 0.25) is 5.78 Å². The molecule has 3 aromatic heterocycles. The van der Waals surface area contributed by atoms with Gasteiger partial charge in [0.25, 0.3) is 5.91 Å². The largest absolute Gasteiger partial charge is 0.503 e. The van der Waals surface area contributed by atoms with Crippen molar-refractivity contribution in [3.63, 3.8) is 0 Å². The third-order valence-corrected chi connectivity index (χ3v) is 4.93. The number of ketones is 1. The number of carbonyl (C=O) groups excluding carboxylic acids is 2. The lowest BCUT2D eigenvalue weighted by atomic mass is 9.96. The van der Waals surface area contributed by atoms with Crippen LogP contribution in [0.3, 0.4) is 0 Å². The van der Waals surface area contributed by atoms with E-state index in [4.69, 9.17) is 4.52 Å². The van der Waals surface area contributed by atoms with Crippen molar-refractivity contribution in [1.82, 2.24) is 10.1 Å². The second-order valence-electron chi connectivity index (χ2n) is 5.73. The lowest BCUT2D eigenvalue weighted by Crippen LogP contribution is -2.31. The highest BCUT2D eigenvalue weighted by Gasteiger charge is 2.46. The molecule has 7 nitrogen and oxygen atoms in total. The number of anilines is 1. The summed E-state index contributed by atoms with van der Waals surface area (Å²) in [4.78, 5) is 31.5. The van der Waals surface area contributed by atoms with Gasteiger partial charge >= 0.3 is 0 Å². The van der Waals surface area contributed by atoms with E-state index in [1.54, 1.807) is 55.0 Å². The van der Waals surface area contributed by atoms with Crippen LogP contribution in [0.2, 0.25) is 0 Å². The van der Waals surface area contributed by atoms with Crippen LogP contribution in [0.5, 0.6) is 0 Å². The van der Waals surface area contributed by atoms with Crippen LogP contribution < -0.4 is 4.90 Å². The second kappa shape index (κ2) is 6.23. The smallest absolute Gasteiger partial charge is 0.295 e. The first-order valence-electron chi connectivity index (χ1n) is 7.76. The van der Waals surface area contributed by atoms with Gasteiger partial charge in [-0.15, -0.1) is 11.3 Å². The molecule has 26 heavy (non-hydrogen) atoms. The first-order valence-corrected chi connectivity index (χ1v) is 8.64. The Morgan fingerprint density at radius 3 is 2.81 bits per heavy atom. The molecule has 1 atom stereocenters. The Hall–Kier alpha value is -3.26. The minimum absolute atomic E-state index is 0.00565. The highest BCUT2D eigenvalue weighted by Crippen LogP contribution is 2.41. The fourth-order valence-electron chi connectivity index (χ4n) is 2.93. The molecule has 0 radical (unpaired) electrons. The average Bonchev–Trinajstić information content (AvgIpc) is 3.37. The van der Waals surface area contributed by atoms with Crippen LogP contribution in [0.15, 0.2) is 64.0 Å². The number of aliphatic hydroxyl groups is 1. The molecule has 0 bridgehead atoms. The molecule has 0 spiro atoms. The summed E-state index contributed by atoms with van der Waals surface area (Å²) in [5.74, 6) is -0.954. The van der Waals surface area contributed by atoms with Crippen LogP contribution in [-0.4, -0.2) is 26.9 Å². The maximum Gasteiger partial charge on any atom is 0.295 e.